The van der Waals surface area contributed by atoms with Crippen LogP contribution in [0.25, 0.3) is 22.3 Å². The van der Waals surface area contributed by atoms with E-state index in [1.807, 2.05) is 6.92 Å². The molecular weight excluding hydrogens is 594 g/mol. The molecule has 3 aromatic rings. The van der Waals surface area contributed by atoms with Gasteiger partial charge >= 0.3 is 11.9 Å². The topological polar surface area (TPSA) is 163 Å². The van der Waals surface area contributed by atoms with Gasteiger partial charge in [0.15, 0.2) is 11.4 Å². The second-order valence-corrected chi connectivity index (χ2v) is 11.7. The largest absolute Gasteiger partial charge is 0.458 e. The summed E-state index contributed by atoms with van der Waals surface area (Å²) in [6.07, 6.45) is 4.00. The minimum absolute atomic E-state index is 0.0547. The molecule has 244 valence electrons. The van der Waals surface area contributed by atoms with Gasteiger partial charge in [-0.2, -0.15) is 0 Å². The molecule has 0 aliphatic carbocycles. The first-order chi connectivity index (χ1) is 22.0. The molecule has 5 rings (SSSR count). The second kappa shape index (κ2) is 13.5. The number of rotatable bonds is 13. The number of Topliss-reactive ketones (excluding diaryl/α,β-unsaturated/α-hetero) is 1. The molecule has 1 aromatic carbocycles. The molecule has 2 N–H and O–H groups in total. The van der Waals surface area contributed by atoms with Crippen LogP contribution in [0.5, 0.6) is 5.75 Å². The first kappa shape index (κ1) is 33.0. The van der Waals surface area contributed by atoms with Gasteiger partial charge < -0.3 is 29.2 Å². The number of amides is 1. The number of benzene rings is 1. The van der Waals surface area contributed by atoms with Gasteiger partial charge in [0.2, 0.25) is 5.91 Å². The highest BCUT2D eigenvalue weighted by atomic mass is 16.6. The first-order valence-electron chi connectivity index (χ1n) is 15.7. The Labute approximate surface area is 266 Å². The Balaban J connectivity index is 1.31. The highest BCUT2D eigenvalue weighted by molar-refractivity contribution is 5.91. The fraction of sp³-hybridized carbons (Fsp3) is 0.471. The van der Waals surface area contributed by atoms with Crippen LogP contribution in [0.1, 0.15) is 82.1 Å². The average Bonchev–Trinajstić information content (AvgIpc) is 3.40. The predicted octanol–water partition coefficient (Wildman–Crippen LogP) is 3.22. The van der Waals surface area contributed by atoms with Crippen LogP contribution in [0.2, 0.25) is 0 Å². The number of carbonyl (C=O) groups is 4. The highest BCUT2D eigenvalue weighted by Crippen LogP contribution is 2.40. The summed E-state index contributed by atoms with van der Waals surface area (Å²) in [4.78, 5) is 67.5. The minimum Gasteiger partial charge on any atom is -0.458 e. The normalized spacial score (nSPS) is 17.1. The number of aryl methyl sites for hydroxylation is 1. The zero-order valence-corrected chi connectivity index (χ0v) is 26.6. The summed E-state index contributed by atoms with van der Waals surface area (Å²) < 4.78 is 17.5. The molecule has 12 heteroatoms. The average molecular weight is 634 g/mol. The minimum atomic E-state index is -1.91. The zero-order chi connectivity index (χ0) is 33.2. The summed E-state index contributed by atoms with van der Waals surface area (Å²) in [5.41, 5.74) is 1.73. The smallest absolute Gasteiger partial charge is 0.343 e. The lowest BCUT2D eigenvalue weighted by atomic mass is 9.86. The predicted molar refractivity (Wildman–Crippen MR) is 167 cm³/mol. The van der Waals surface area contributed by atoms with E-state index in [0.29, 0.717) is 29.7 Å². The number of nitrogens with zero attached hydrogens (tertiary/aromatic N) is 2. The van der Waals surface area contributed by atoms with Crippen LogP contribution in [-0.2, 0) is 53.8 Å². The number of ether oxygens (including phenoxy) is 3. The second-order valence-electron chi connectivity index (χ2n) is 11.7. The zero-order valence-electron chi connectivity index (χ0n) is 26.6. The fourth-order valence-corrected chi connectivity index (χ4v) is 6.21. The molecule has 0 radical (unpaired) electrons. The van der Waals surface area contributed by atoms with Crippen LogP contribution in [0, 0.1) is 0 Å². The highest BCUT2D eigenvalue weighted by Gasteiger charge is 2.45. The molecule has 0 fully saturated rings. The Hall–Kier alpha value is -4.42. The fourth-order valence-electron chi connectivity index (χ4n) is 6.21. The monoisotopic (exact) mass is 633 g/mol. The third-order valence-electron chi connectivity index (χ3n) is 8.74. The summed E-state index contributed by atoms with van der Waals surface area (Å²) >= 11 is 0. The number of aromatic nitrogens is 2. The molecule has 1 amide bonds. The van der Waals surface area contributed by atoms with E-state index in [-0.39, 0.29) is 54.4 Å². The lowest BCUT2D eigenvalue weighted by Crippen LogP contribution is -2.44. The molecule has 0 saturated carbocycles. The lowest BCUT2D eigenvalue weighted by molar-refractivity contribution is -0.172. The van der Waals surface area contributed by atoms with Crippen molar-refractivity contribution in [1.82, 2.24) is 14.9 Å². The van der Waals surface area contributed by atoms with Crippen LogP contribution >= 0.6 is 0 Å². The van der Waals surface area contributed by atoms with Crippen molar-refractivity contribution in [2.75, 3.05) is 13.2 Å². The van der Waals surface area contributed by atoms with Gasteiger partial charge in [0.1, 0.15) is 25.6 Å². The van der Waals surface area contributed by atoms with Crippen molar-refractivity contribution in [2.45, 2.75) is 91.0 Å². The Morgan fingerprint density at radius 3 is 2.59 bits per heavy atom. The summed E-state index contributed by atoms with van der Waals surface area (Å²) in [7, 11) is 0. The van der Waals surface area contributed by atoms with Gasteiger partial charge in [0.25, 0.3) is 5.56 Å². The van der Waals surface area contributed by atoms with Crippen LogP contribution < -0.4 is 15.6 Å². The van der Waals surface area contributed by atoms with E-state index >= 15 is 0 Å². The number of esters is 2. The van der Waals surface area contributed by atoms with Crippen molar-refractivity contribution >= 4 is 34.5 Å². The standard InChI is InChI=1S/C34H39N3O9/c1-5-8-9-10-26(19(4)38)35-29(39)17-44-18-30(40)46-20-11-12-27-22(13-20)21(6-2)23-15-37-28(31(23)36-27)14-25-24(32(37)41)16-45-33(42)34(25,43)7-3/h11-14,26,43H,5-10,15-18H2,1-4H3,(H,35,39)/t26?,34-/m0/s1. The van der Waals surface area contributed by atoms with Crippen LogP contribution in [0.15, 0.2) is 29.1 Å². The van der Waals surface area contributed by atoms with Gasteiger partial charge in [-0.25, -0.2) is 14.6 Å². The van der Waals surface area contributed by atoms with E-state index in [2.05, 4.69) is 12.2 Å². The van der Waals surface area contributed by atoms with Crippen molar-refractivity contribution < 1.29 is 38.5 Å². The van der Waals surface area contributed by atoms with Crippen molar-refractivity contribution in [3.05, 3.63) is 56.9 Å². The number of aliphatic hydroxyl groups is 1. The molecule has 2 aliphatic rings. The first-order valence-corrected chi connectivity index (χ1v) is 15.7. The maximum atomic E-state index is 13.5. The van der Waals surface area contributed by atoms with Gasteiger partial charge in [-0.3, -0.25) is 14.4 Å². The molecule has 0 bridgehead atoms. The Bertz CT molecular complexity index is 1780. The summed E-state index contributed by atoms with van der Waals surface area (Å²) in [5.74, 6) is -1.82. The van der Waals surface area contributed by atoms with E-state index in [1.165, 1.54) is 6.92 Å². The van der Waals surface area contributed by atoms with Gasteiger partial charge in [0, 0.05) is 16.5 Å². The van der Waals surface area contributed by atoms with Gasteiger partial charge in [-0.15, -0.1) is 0 Å². The van der Waals surface area contributed by atoms with Crippen molar-refractivity contribution in [3.63, 3.8) is 0 Å². The molecule has 0 spiro atoms. The Morgan fingerprint density at radius 1 is 1.11 bits per heavy atom. The number of hydrogen-bond acceptors (Lipinski definition) is 10. The summed E-state index contributed by atoms with van der Waals surface area (Å²) in [6.45, 7) is 6.32. The lowest BCUT2D eigenvalue weighted by Gasteiger charge is -2.31. The Kier molecular flexibility index (Phi) is 9.68. The van der Waals surface area contributed by atoms with E-state index in [9.17, 15) is 29.1 Å². The molecule has 0 saturated heterocycles. The number of ketones is 1. The maximum absolute atomic E-state index is 13.5. The van der Waals surface area contributed by atoms with E-state index < -0.39 is 36.1 Å². The molecule has 12 nitrogen and oxygen atoms in total. The van der Waals surface area contributed by atoms with Crippen molar-refractivity contribution in [1.29, 1.82) is 0 Å². The third-order valence-corrected chi connectivity index (χ3v) is 8.74. The number of cyclic esters (lactones) is 1. The molecule has 2 atom stereocenters. The van der Waals surface area contributed by atoms with Crippen molar-refractivity contribution in [2.24, 2.45) is 0 Å². The quantitative estimate of drug-likeness (QED) is 0.127. The molecular formula is C34H39N3O9. The molecule has 46 heavy (non-hydrogen) atoms. The molecule has 2 aromatic heterocycles. The van der Waals surface area contributed by atoms with E-state index in [4.69, 9.17) is 19.2 Å². The number of carbonyl (C=O) groups excluding carboxylic acids is 4. The molecule has 4 heterocycles. The van der Waals surface area contributed by atoms with Crippen LogP contribution in [0.4, 0.5) is 0 Å². The van der Waals surface area contributed by atoms with Gasteiger partial charge in [-0.05, 0) is 56.0 Å². The van der Waals surface area contributed by atoms with Crippen LogP contribution in [0.3, 0.4) is 0 Å². The van der Waals surface area contributed by atoms with Crippen LogP contribution in [-0.4, -0.2) is 57.5 Å². The van der Waals surface area contributed by atoms with Gasteiger partial charge in [-0.1, -0.05) is 40.0 Å². The summed E-state index contributed by atoms with van der Waals surface area (Å²) in [5, 5.41) is 14.5. The SMILES string of the molecule is CCCCCC(NC(=O)COCC(=O)Oc1ccc2nc3c(c(CC)c2c1)Cn1c-3cc2c(c1=O)COC(=O)[C@]2(O)CC)C(C)=O. The number of unbranched alkanes of at least 4 members (excludes halogenated alkanes) is 2. The van der Waals surface area contributed by atoms with E-state index in [1.54, 1.807) is 35.8 Å². The molecule has 1 unspecified atom stereocenters. The maximum Gasteiger partial charge on any atom is 0.343 e. The number of pyridine rings is 2. The van der Waals surface area contributed by atoms with Gasteiger partial charge in [0.05, 0.1) is 35.1 Å². The van der Waals surface area contributed by atoms with E-state index in [0.717, 1.165) is 35.8 Å². The third kappa shape index (κ3) is 6.19. The Morgan fingerprint density at radius 2 is 1.89 bits per heavy atom. The molecule has 2 aliphatic heterocycles. The number of fused-ring (bicyclic) bond motifs is 5. The summed E-state index contributed by atoms with van der Waals surface area (Å²) in [6, 6.07) is 6.11. The number of hydrogen-bond donors (Lipinski definition) is 2. The van der Waals surface area contributed by atoms with Crippen molar-refractivity contribution in [3.8, 4) is 17.1 Å². The number of nitrogens with one attached hydrogen (secondary N) is 1.